The van der Waals surface area contributed by atoms with E-state index in [1.54, 1.807) is 4.90 Å². The van der Waals surface area contributed by atoms with E-state index in [2.05, 4.69) is 10.3 Å². The van der Waals surface area contributed by atoms with E-state index in [9.17, 15) is 9.59 Å². The van der Waals surface area contributed by atoms with E-state index in [1.807, 2.05) is 6.92 Å². The summed E-state index contributed by atoms with van der Waals surface area (Å²) in [5, 5.41) is 3.52. The Hall–Kier alpha value is -1.20. The number of halogens is 2. The van der Waals surface area contributed by atoms with Gasteiger partial charge in [0.25, 0.3) is 5.91 Å². The third-order valence-corrected chi connectivity index (χ3v) is 4.35. The zero-order valence-electron chi connectivity index (χ0n) is 11.9. The average Bonchev–Trinajstić information content (AvgIpc) is 2.83. The number of hydrogen-bond acceptors (Lipinski definition) is 2. The molecule has 1 aromatic rings. The summed E-state index contributed by atoms with van der Waals surface area (Å²) in [4.78, 5) is 28.7. The fraction of sp³-hybridized carbons (Fsp3) is 0.571. The molecule has 5 nitrogen and oxygen atoms in total. The summed E-state index contributed by atoms with van der Waals surface area (Å²) in [6.07, 6.45) is 2.30. The fourth-order valence-electron chi connectivity index (χ4n) is 2.43. The predicted octanol–water partition coefficient (Wildman–Crippen LogP) is 2.70. The van der Waals surface area contributed by atoms with Gasteiger partial charge in [0.2, 0.25) is 5.91 Å². The molecule has 7 heteroatoms. The van der Waals surface area contributed by atoms with Crippen LogP contribution >= 0.6 is 23.2 Å². The minimum absolute atomic E-state index is 0.00332. The normalized spacial score (nSPS) is 16.0. The Morgan fingerprint density at radius 2 is 2.05 bits per heavy atom. The summed E-state index contributed by atoms with van der Waals surface area (Å²) in [5.74, 6) is -0.0393. The second kappa shape index (κ2) is 7.18. The summed E-state index contributed by atoms with van der Waals surface area (Å²) in [7, 11) is 0. The molecule has 116 valence electrons. The van der Waals surface area contributed by atoms with Gasteiger partial charge in [0, 0.05) is 25.6 Å². The van der Waals surface area contributed by atoms with Crippen molar-refractivity contribution in [2.24, 2.45) is 5.92 Å². The molecule has 0 bridgehead atoms. The molecule has 1 saturated heterocycles. The maximum atomic E-state index is 12.3. The molecule has 1 aromatic heterocycles. The first kappa shape index (κ1) is 16.2. The maximum Gasteiger partial charge on any atom is 0.270 e. The van der Waals surface area contributed by atoms with Crippen molar-refractivity contribution >= 4 is 35.0 Å². The topological polar surface area (TPSA) is 65.2 Å². The van der Waals surface area contributed by atoms with Crippen molar-refractivity contribution in [1.82, 2.24) is 15.2 Å². The van der Waals surface area contributed by atoms with Crippen LogP contribution in [0.25, 0.3) is 0 Å². The number of amides is 2. The number of rotatable bonds is 4. The Balaban J connectivity index is 1.88. The first-order chi connectivity index (χ1) is 10.0. The number of likely N-dealkylation sites (tertiary alicyclic amines) is 1. The van der Waals surface area contributed by atoms with Gasteiger partial charge in [0.15, 0.2) is 0 Å². The van der Waals surface area contributed by atoms with Crippen LogP contribution in [-0.4, -0.2) is 41.3 Å². The molecular weight excluding hydrogens is 313 g/mol. The molecule has 0 saturated carbocycles. The Kier molecular flexibility index (Phi) is 5.53. The lowest BCUT2D eigenvalue weighted by Crippen LogP contribution is -2.43. The summed E-state index contributed by atoms with van der Waals surface area (Å²) < 4.78 is 0. The van der Waals surface area contributed by atoms with Crippen molar-refractivity contribution in [3.05, 3.63) is 21.9 Å². The van der Waals surface area contributed by atoms with E-state index >= 15 is 0 Å². The van der Waals surface area contributed by atoms with Crippen LogP contribution < -0.4 is 5.32 Å². The van der Waals surface area contributed by atoms with Gasteiger partial charge >= 0.3 is 0 Å². The van der Waals surface area contributed by atoms with Crippen LogP contribution in [0.1, 0.15) is 36.7 Å². The monoisotopic (exact) mass is 331 g/mol. The van der Waals surface area contributed by atoms with E-state index in [-0.39, 0.29) is 22.9 Å². The van der Waals surface area contributed by atoms with Crippen molar-refractivity contribution in [3.63, 3.8) is 0 Å². The van der Waals surface area contributed by atoms with Gasteiger partial charge in [0.1, 0.15) is 10.8 Å². The average molecular weight is 332 g/mol. The first-order valence-corrected chi connectivity index (χ1v) is 7.89. The van der Waals surface area contributed by atoms with Crippen molar-refractivity contribution < 1.29 is 9.59 Å². The SMILES string of the molecule is CCCNC(=O)C1CCN(C(=O)c2cc(Cl)c(Cl)[nH]2)CC1. The molecule has 2 amide bonds. The number of aromatic nitrogens is 1. The minimum atomic E-state index is -0.129. The molecule has 0 unspecified atom stereocenters. The lowest BCUT2D eigenvalue weighted by molar-refractivity contribution is -0.126. The largest absolute Gasteiger partial charge is 0.356 e. The summed E-state index contributed by atoms with van der Waals surface area (Å²) in [6.45, 7) is 3.86. The van der Waals surface area contributed by atoms with Crippen LogP contribution in [0.4, 0.5) is 0 Å². The van der Waals surface area contributed by atoms with Crippen molar-refractivity contribution in [2.45, 2.75) is 26.2 Å². The highest BCUT2D eigenvalue weighted by Gasteiger charge is 2.28. The van der Waals surface area contributed by atoms with Gasteiger partial charge in [-0.15, -0.1) is 0 Å². The van der Waals surface area contributed by atoms with Gasteiger partial charge < -0.3 is 15.2 Å². The predicted molar refractivity (Wildman–Crippen MR) is 82.7 cm³/mol. The number of aromatic amines is 1. The van der Waals surface area contributed by atoms with E-state index in [0.29, 0.717) is 43.2 Å². The van der Waals surface area contributed by atoms with Crippen molar-refractivity contribution in [2.75, 3.05) is 19.6 Å². The molecular formula is C14H19Cl2N3O2. The number of hydrogen-bond donors (Lipinski definition) is 2. The van der Waals surface area contributed by atoms with Gasteiger partial charge in [-0.2, -0.15) is 0 Å². The molecule has 1 fully saturated rings. The Bertz CT molecular complexity index is 503. The van der Waals surface area contributed by atoms with E-state index < -0.39 is 0 Å². The summed E-state index contributed by atoms with van der Waals surface area (Å²) in [5.41, 5.74) is 0.388. The Morgan fingerprint density at radius 1 is 1.38 bits per heavy atom. The van der Waals surface area contributed by atoms with Crippen LogP contribution in [0.3, 0.4) is 0 Å². The highest BCUT2D eigenvalue weighted by Crippen LogP contribution is 2.24. The molecule has 0 aromatic carbocycles. The van der Waals surface area contributed by atoms with Crippen LogP contribution in [0, 0.1) is 5.92 Å². The van der Waals surface area contributed by atoms with Crippen LogP contribution in [0.2, 0.25) is 10.2 Å². The number of H-pyrrole nitrogens is 1. The number of nitrogens with zero attached hydrogens (tertiary/aromatic N) is 1. The molecule has 21 heavy (non-hydrogen) atoms. The van der Waals surface area contributed by atoms with E-state index in [0.717, 1.165) is 6.42 Å². The molecule has 1 aliphatic heterocycles. The van der Waals surface area contributed by atoms with Crippen molar-refractivity contribution in [1.29, 1.82) is 0 Å². The number of carbonyl (C=O) groups excluding carboxylic acids is 2. The number of piperidine rings is 1. The minimum Gasteiger partial charge on any atom is -0.356 e. The number of carbonyl (C=O) groups is 2. The van der Waals surface area contributed by atoms with Gasteiger partial charge in [0.05, 0.1) is 5.02 Å². The molecule has 2 N–H and O–H groups in total. The second-order valence-corrected chi connectivity index (χ2v) is 5.99. The highest BCUT2D eigenvalue weighted by molar-refractivity contribution is 6.41. The Labute approximate surface area is 134 Å². The second-order valence-electron chi connectivity index (χ2n) is 5.20. The van der Waals surface area contributed by atoms with Gasteiger partial charge in [-0.05, 0) is 25.3 Å². The molecule has 2 rings (SSSR count). The fourth-order valence-corrected chi connectivity index (χ4v) is 2.74. The zero-order valence-corrected chi connectivity index (χ0v) is 13.4. The van der Waals surface area contributed by atoms with Crippen LogP contribution in [0.5, 0.6) is 0 Å². The molecule has 2 heterocycles. The number of nitrogens with one attached hydrogen (secondary N) is 2. The van der Waals surface area contributed by atoms with Crippen LogP contribution in [-0.2, 0) is 4.79 Å². The van der Waals surface area contributed by atoms with E-state index in [1.165, 1.54) is 6.07 Å². The van der Waals surface area contributed by atoms with Crippen LogP contribution in [0.15, 0.2) is 6.07 Å². The van der Waals surface area contributed by atoms with Gasteiger partial charge in [-0.3, -0.25) is 9.59 Å². The van der Waals surface area contributed by atoms with Crippen molar-refractivity contribution in [3.8, 4) is 0 Å². The van der Waals surface area contributed by atoms with E-state index in [4.69, 9.17) is 23.2 Å². The Morgan fingerprint density at radius 3 is 2.57 bits per heavy atom. The standard InChI is InChI=1S/C14H19Cl2N3O2/c1-2-5-17-13(20)9-3-6-19(7-4-9)14(21)11-8-10(15)12(16)18-11/h8-9,18H,2-7H2,1H3,(H,17,20). The summed E-state index contributed by atoms with van der Waals surface area (Å²) >= 11 is 11.7. The smallest absolute Gasteiger partial charge is 0.270 e. The lowest BCUT2D eigenvalue weighted by atomic mass is 9.95. The highest BCUT2D eigenvalue weighted by atomic mass is 35.5. The van der Waals surface area contributed by atoms with Gasteiger partial charge in [-0.1, -0.05) is 30.1 Å². The quantitative estimate of drug-likeness (QED) is 0.890. The molecule has 0 radical (unpaired) electrons. The molecule has 1 aliphatic rings. The third-order valence-electron chi connectivity index (χ3n) is 3.66. The molecule has 0 spiro atoms. The lowest BCUT2D eigenvalue weighted by Gasteiger charge is -2.31. The third kappa shape index (κ3) is 3.92. The molecule has 0 atom stereocenters. The maximum absolute atomic E-state index is 12.3. The van der Waals surface area contributed by atoms with Gasteiger partial charge in [-0.25, -0.2) is 0 Å². The molecule has 0 aliphatic carbocycles. The summed E-state index contributed by atoms with van der Waals surface area (Å²) in [6, 6.07) is 1.53. The zero-order chi connectivity index (χ0) is 15.4. The first-order valence-electron chi connectivity index (χ1n) is 7.14.